The standard InChI is InChI=1S/C12H16ClN3.C2H6/c1-15-5-9-7-16(8-10(9)6-15)12-3-2-11(13)4-14-12;1-2/h2-4,9-10H,5-8H2,1H3;1-2H3. The van der Waals surface area contributed by atoms with E-state index in [9.17, 15) is 0 Å². The lowest BCUT2D eigenvalue weighted by molar-refractivity contribution is 0.387. The predicted molar refractivity (Wildman–Crippen MR) is 77.3 cm³/mol. The van der Waals surface area contributed by atoms with Crippen LogP contribution in [0.3, 0.4) is 0 Å². The number of hydrogen-bond acceptors (Lipinski definition) is 3. The second-order valence-electron chi connectivity index (χ2n) is 4.98. The van der Waals surface area contributed by atoms with Gasteiger partial charge in [0, 0.05) is 32.4 Å². The third-order valence-corrected chi connectivity index (χ3v) is 3.93. The van der Waals surface area contributed by atoms with Crippen molar-refractivity contribution in [1.29, 1.82) is 0 Å². The Kier molecular flexibility index (Phi) is 4.46. The van der Waals surface area contributed by atoms with Crippen LogP contribution in [0.1, 0.15) is 13.8 Å². The molecular formula is C14H22ClN3. The van der Waals surface area contributed by atoms with Gasteiger partial charge in [0.2, 0.25) is 0 Å². The van der Waals surface area contributed by atoms with Gasteiger partial charge in [-0.2, -0.15) is 0 Å². The zero-order valence-electron chi connectivity index (χ0n) is 11.4. The Morgan fingerprint density at radius 3 is 2.22 bits per heavy atom. The van der Waals surface area contributed by atoms with Crippen LogP contribution in [0.15, 0.2) is 18.3 Å². The molecule has 0 N–H and O–H groups in total. The molecule has 2 aliphatic heterocycles. The Morgan fingerprint density at radius 2 is 1.72 bits per heavy atom. The molecule has 1 aromatic rings. The Bertz CT molecular complexity index is 365. The minimum absolute atomic E-state index is 0.711. The molecule has 18 heavy (non-hydrogen) atoms. The van der Waals surface area contributed by atoms with Crippen molar-refractivity contribution in [1.82, 2.24) is 9.88 Å². The molecule has 0 bridgehead atoms. The lowest BCUT2D eigenvalue weighted by Crippen LogP contribution is -2.27. The van der Waals surface area contributed by atoms with Crippen LogP contribution in [0, 0.1) is 11.8 Å². The monoisotopic (exact) mass is 267 g/mol. The number of likely N-dealkylation sites (tertiary alicyclic amines) is 1. The van der Waals surface area contributed by atoms with E-state index >= 15 is 0 Å². The molecule has 3 nitrogen and oxygen atoms in total. The first kappa shape index (κ1) is 13.6. The third-order valence-electron chi connectivity index (χ3n) is 3.70. The number of fused-ring (bicyclic) bond motifs is 1. The summed E-state index contributed by atoms with van der Waals surface area (Å²) < 4.78 is 0. The Morgan fingerprint density at radius 1 is 1.11 bits per heavy atom. The summed E-state index contributed by atoms with van der Waals surface area (Å²) in [5.41, 5.74) is 0. The summed E-state index contributed by atoms with van der Waals surface area (Å²) in [6, 6.07) is 3.94. The van der Waals surface area contributed by atoms with Crippen LogP contribution in [-0.2, 0) is 0 Å². The molecule has 0 saturated carbocycles. The van der Waals surface area contributed by atoms with Crippen molar-refractivity contribution in [2.75, 3.05) is 38.1 Å². The second-order valence-corrected chi connectivity index (χ2v) is 5.42. The first-order valence-corrected chi connectivity index (χ1v) is 7.15. The summed E-state index contributed by atoms with van der Waals surface area (Å²) in [6.07, 6.45) is 1.73. The highest BCUT2D eigenvalue weighted by molar-refractivity contribution is 6.30. The molecule has 0 aromatic carbocycles. The number of halogens is 1. The second kappa shape index (κ2) is 5.89. The van der Waals surface area contributed by atoms with Crippen molar-refractivity contribution in [3.8, 4) is 0 Å². The SMILES string of the molecule is CC.CN1CC2CN(c3ccc(Cl)cn3)CC2C1. The summed E-state index contributed by atoms with van der Waals surface area (Å²) in [4.78, 5) is 9.21. The predicted octanol–water partition coefficient (Wildman–Crippen LogP) is 2.76. The molecule has 0 spiro atoms. The molecule has 2 fully saturated rings. The van der Waals surface area contributed by atoms with Crippen LogP contribution < -0.4 is 4.90 Å². The van der Waals surface area contributed by atoms with E-state index in [2.05, 4.69) is 21.8 Å². The summed E-state index contributed by atoms with van der Waals surface area (Å²) in [7, 11) is 2.21. The van der Waals surface area contributed by atoms with E-state index in [0.717, 1.165) is 30.7 Å². The molecular weight excluding hydrogens is 246 g/mol. The molecule has 2 aliphatic rings. The zero-order valence-corrected chi connectivity index (χ0v) is 12.2. The smallest absolute Gasteiger partial charge is 0.128 e. The van der Waals surface area contributed by atoms with Gasteiger partial charge < -0.3 is 9.80 Å². The molecule has 2 atom stereocenters. The fraction of sp³-hybridized carbons (Fsp3) is 0.643. The summed E-state index contributed by atoms with van der Waals surface area (Å²) >= 11 is 5.85. The van der Waals surface area contributed by atoms with Crippen LogP contribution in [0.4, 0.5) is 5.82 Å². The van der Waals surface area contributed by atoms with Gasteiger partial charge in [0.25, 0.3) is 0 Å². The Balaban J connectivity index is 0.000000574. The Labute approximate surface area is 115 Å². The van der Waals surface area contributed by atoms with Gasteiger partial charge in [-0.15, -0.1) is 0 Å². The average Bonchev–Trinajstić information content (AvgIpc) is 2.89. The average molecular weight is 268 g/mol. The zero-order chi connectivity index (χ0) is 13.1. The van der Waals surface area contributed by atoms with Crippen LogP contribution >= 0.6 is 11.6 Å². The van der Waals surface area contributed by atoms with E-state index in [1.807, 2.05) is 26.0 Å². The van der Waals surface area contributed by atoms with Crippen molar-refractivity contribution in [2.24, 2.45) is 11.8 Å². The molecule has 3 rings (SSSR count). The molecule has 0 radical (unpaired) electrons. The fourth-order valence-electron chi connectivity index (χ4n) is 2.97. The maximum absolute atomic E-state index is 5.85. The maximum atomic E-state index is 5.85. The molecule has 2 unspecified atom stereocenters. The van der Waals surface area contributed by atoms with E-state index in [-0.39, 0.29) is 0 Å². The number of rotatable bonds is 1. The number of aromatic nitrogens is 1. The number of nitrogens with zero attached hydrogens (tertiary/aromatic N) is 3. The number of hydrogen-bond donors (Lipinski definition) is 0. The van der Waals surface area contributed by atoms with Gasteiger partial charge in [0.1, 0.15) is 5.82 Å². The molecule has 0 aliphatic carbocycles. The molecule has 2 saturated heterocycles. The van der Waals surface area contributed by atoms with Crippen molar-refractivity contribution < 1.29 is 0 Å². The quantitative estimate of drug-likeness (QED) is 0.780. The molecule has 4 heteroatoms. The first-order valence-electron chi connectivity index (χ1n) is 6.77. The first-order chi connectivity index (χ1) is 8.72. The number of anilines is 1. The van der Waals surface area contributed by atoms with Crippen LogP contribution in [-0.4, -0.2) is 43.1 Å². The highest BCUT2D eigenvalue weighted by Crippen LogP contribution is 2.32. The van der Waals surface area contributed by atoms with Gasteiger partial charge >= 0.3 is 0 Å². The molecule has 1 aromatic heterocycles. The van der Waals surface area contributed by atoms with E-state index in [4.69, 9.17) is 11.6 Å². The van der Waals surface area contributed by atoms with Gasteiger partial charge in [-0.3, -0.25) is 0 Å². The van der Waals surface area contributed by atoms with Crippen LogP contribution in [0.25, 0.3) is 0 Å². The third kappa shape index (κ3) is 2.78. The van der Waals surface area contributed by atoms with Gasteiger partial charge in [-0.1, -0.05) is 25.4 Å². The largest absolute Gasteiger partial charge is 0.356 e. The van der Waals surface area contributed by atoms with Crippen molar-refractivity contribution in [3.63, 3.8) is 0 Å². The summed E-state index contributed by atoms with van der Waals surface area (Å²) in [5, 5.41) is 0.711. The van der Waals surface area contributed by atoms with E-state index < -0.39 is 0 Å². The molecule has 0 amide bonds. The summed E-state index contributed by atoms with van der Waals surface area (Å²) in [5.74, 6) is 2.71. The van der Waals surface area contributed by atoms with Crippen molar-refractivity contribution >= 4 is 17.4 Å². The normalized spacial score (nSPS) is 26.8. The van der Waals surface area contributed by atoms with Gasteiger partial charge in [0.15, 0.2) is 0 Å². The van der Waals surface area contributed by atoms with E-state index in [1.165, 1.54) is 13.1 Å². The Hall–Kier alpha value is -0.800. The fourth-order valence-corrected chi connectivity index (χ4v) is 3.08. The minimum atomic E-state index is 0.711. The van der Waals surface area contributed by atoms with Gasteiger partial charge in [0.05, 0.1) is 5.02 Å². The van der Waals surface area contributed by atoms with Crippen molar-refractivity contribution in [3.05, 3.63) is 23.4 Å². The maximum Gasteiger partial charge on any atom is 0.128 e. The van der Waals surface area contributed by atoms with Crippen LogP contribution in [0.5, 0.6) is 0 Å². The van der Waals surface area contributed by atoms with Crippen LogP contribution in [0.2, 0.25) is 5.02 Å². The van der Waals surface area contributed by atoms with Gasteiger partial charge in [-0.05, 0) is 31.0 Å². The number of pyridine rings is 1. The van der Waals surface area contributed by atoms with Crippen molar-refractivity contribution in [2.45, 2.75) is 13.8 Å². The lowest BCUT2D eigenvalue weighted by atomic mass is 10.0. The van der Waals surface area contributed by atoms with E-state index in [1.54, 1.807) is 6.20 Å². The highest BCUT2D eigenvalue weighted by Gasteiger charge is 2.38. The lowest BCUT2D eigenvalue weighted by Gasteiger charge is -2.20. The van der Waals surface area contributed by atoms with Gasteiger partial charge in [-0.25, -0.2) is 4.98 Å². The molecule has 3 heterocycles. The van der Waals surface area contributed by atoms with E-state index in [0.29, 0.717) is 5.02 Å². The summed E-state index contributed by atoms with van der Waals surface area (Å²) in [6.45, 7) is 8.75. The highest BCUT2D eigenvalue weighted by atomic mass is 35.5. The minimum Gasteiger partial charge on any atom is -0.356 e. The topological polar surface area (TPSA) is 19.4 Å². The molecule has 100 valence electrons.